The third kappa shape index (κ3) is 4.01. The van der Waals surface area contributed by atoms with Crippen LogP contribution in [-0.4, -0.2) is 46.9 Å². The first-order valence-electron chi connectivity index (χ1n) is 9.06. The Morgan fingerprint density at radius 3 is 2.56 bits per heavy atom. The van der Waals surface area contributed by atoms with Gasteiger partial charge in [0.2, 0.25) is 5.89 Å². The number of amides is 1. The molecule has 0 unspecified atom stereocenters. The molecule has 0 bridgehead atoms. The van der Waals surface area contributed by atoms with Crippen molar-refractivity contribution in [2.45, 2.75) is 6.54 Å². The van der Waals surface area contributed by atoms with E-state index in [9.17, 15) is 4.79 Å². The van der Waals surface area contributed by atoms with E-state index in [1.807, 2.05) is 23.1 Å². The molecule has 6 heteroatoms. The van der Waals surface area contributed by atoms with Gasteiger partial charge in [0, 0.05) is 44.0 Å². The Hall–Kier alpha value is -3.12. The lowest BCUT2D eigenvalue weighted by Crippen LogP contribution is -2.48. The largest absolute Gasteiger partial charge is 0.444 e. The van der Waals surface area contributed by atoms with Gasteiger partial charge in [-0.05, 0) is 23.8 Å². The van der Waals surface area contributed by atoms with Gasteiger partial charge in [0.25, 0.3) is 5.91 Å². The van der Waals surface area contributed by atoms with E-state index in [1.165, 1.54) is 11.8 Å². The van der Waals surface area contributed by atoms with Crippen LogP contribution in [0.25, 0.3) is 11.5 Å². The molecule has 4 rings (SSSR count). The molecule has 0 atom stereocenters. The van der Waals surface area contributed by atoms with Gasteiger partial charge in [-0.15, -0.1) is 0 Å². The SMILES string of the molecule is Nc1cccc(-c2nc(C(=O)N3CCN(Cc4ccccc4)CC3)co2)c1. The molecule has 1 aromatic heterocycles. The van der Waals surface area contributed by atoms with Crippen LogP contribution in [0.1, 0.15) is 16.1 Å². The third-order valence-corrected chi connectivity index (χ3v) is 4.77. The first-order valence-corrected chi connectivity index (χ1v) is 9.06. The number of nitrogens with zero attached hydrogens (tertiary/aromatic N) is 3. The Morgan fingerprint density at radius 1 is 1.04 bits per heavy atom. The standard InChI is InChI=1S/C21H22N4O2/c22-18-8-4-7-17(13-18)20-23-19(15-27-20)21(26)25-11-9-24(10-12-25)14-16-5-2-1-3-6-16/h1-8,13,15H,9-12,14,22H2. The maximum Gasteiger partial charge on any atom is 0.275 e. The van der Waals surface area contributed by atoms with E-state index >= 15 is 0 Å². The third-order valence-electron chi connectivity index (χ3n) is 4.77. The molecule has 2 aromatic carbocycles. The minimum Gasteiger partial charge on any atom is -0.444 e. The minimum absolute atomic E-state index is 0.0896. The van der Waals surface area contributed by atoms with Crippen LogP contribution in [0.2, 0.25) is 0 Å². The Balaban J connectivity index is 1.37. The summed E-state index contributed by atoms with van der Waals surface area (Å²) in [7, 11) is 0. The van der Waals surface area contributed by atoms with Crippen LogP contribution in [0.5, 0.6) is 0 Å². The molecule has 1 fully saturated rings. The van der Waals surface area contributed by atoms with Crippen LogP contribution in [0.15, 0.2) is 65.3 Å². The van der Waals surface area contributed by atoms with Gasteiger partial charge in [-0.1, -0.05) is 36.4 Å². The number of carbonyl (C=O) groups excluding carboxylic acids is 1. The van der Waals surface area contributed by atoms with E-state index in [2.05, 4.69) is 34.1 Å². The first-order chi connectivity index (χ1) is 13.2. The molecule has 138 valence electrons. The molecule has 0 radical (unpaired) electrons. The predicted octanol–water partition coefficient (Wildman–Crippen LogP) is 2.88. The van der Waals surface area contributed by atoms with Crippen LogP contribution in [0.3, 0.4) is 0 Å². The molecule has 0 spiro atoms. The van der Waals surface area contributed by atoms with Gasteiger partial charge < -0.3 is 15.1 Å². The van der Waals surface area contributed by atoms with E-state index in [1.54, 1.807) is 12.1 Å². The van der Waals surface area contributed by atoms with Crippen molar-refractivity contribution in [3.63, 3.8) is 0 Å². The smallest absolute Gasteiger partial charge is 0.275 e. The summed E-state index contributed by atoms with van der Waals surface area (Å²) < 4.78 is 5.49. The number of piperazine rings is 1. The minimum atomic E-state index is -0.0896. The number of nitrogen functional groups attached to an aromatic ring is 1. The second-order valence-corrected chi connectivity index (χ2v) is 6.72. The summed E-state index contributed by atoms with van der Waals surface area (Å²) in [4.78, 5) is 21.3. The number of hydrogen-bond donors (Lipinski definition) is 1. The van der Waals surface area contributed by atoms with Crippen LogP contribution in [0, 0.1) is 0 Å². The van der Waals surface area contributed by atoms with Crippen molar-refractivity contribution in [3.8, 4) is 11.5 Å². The molecular formula is C21H22N4O2. The van der Waals surface area contributed by atoms with Crippen molar-refractivity contribution in [1.82, 2.24) is 14.8 Å². The molecule has 6 nitrogen and oxygen atoms in total. The number of hydrogen-bond acceptors (Lipinski definition) is 5. The van der Waals surface area contributed by atoms with Crippen molar-refractivity contribution in [1.29, 1.82) is 0 Å². The summed E-state index contributed by atoms with van der Waals surface area (Å²) in [6.45, 7) is 3.98. The number of oxazole rings is 1. The molecule has 3 aromatic rings. The predicted molar refractivity (Wildman–Crippen MR) is 104 cm³/mol. The average molecular weight is 362 g/mol. The average Bonchev–Trinajstić information content (AvgIpc) is 3.19. The summed E-state index contributed by atoms with van der Waals surface area (Å²) in [5, 5.41) is 0. The van der Waals surface area contributed by atoms with Gasteiger partial charge in [-0.25, -0.2) is 4.98 Å². The number of anilines is 1. The van der Waals surface area contributed by atoms with Crippen molar-refractivity contribution in [2.24, 2.45) is 0 Å². The van der Waals surface area contributed by atoms with E-state index in [0.717, 1.165) is 25.2 Å². The number of benzene rings is 2. The van der Waals surface area contributed by atoms with E-state index in [4.69, 9.17) is 10.2 Å². The van der Waals surface area contributed by atoms with Gasteiger partial charge in [-0.2, -0.15) is 0 Å². The van der Waals surface area contributed by atoms with Gasteiger partial charge in [0.1, 0.15) is 6.26 Å². The highest BCUT2D eigenvalue weighted by atomic mass is 16.3. The quantitative estimate of drug-likeness (QED) is 0.722. The zero-order valence-electron chi connectivity index (χ0n) is 15.0. The fourth-order valence-corrected chi connectivity index (χ4v) is 3.29. The first kappa shape index (κ1) is 17.3. The van der Waals surface area contributed by atoms with Gasteiger partial charge in [-0.3, -0.25) is 9.69 Å². The highest BCUT2D eigenvalue weighted by Gasteiger charge is 2.24. The molecule has 1 aliphatic heterocycles. The molecule has 0 saturated carbocycles. The lowest BCUT2D eigenvalue weighted by atomic mass is 10.2. The lowest BCUT2D eigenvalue weighted by molar-refractivity contribution is 0.0622. The molecule has 1 aliphatic rings. The van der Waals surface area contributed by atoms with Crippen molar-refractivity contribution < 1.29 is 9.21 Å². The fourth-order valence-electron chi connectivity index (χ4n) is 3.29. The lowest BCUT2D eigenvalue weighted by Gasteiger charge is -2.34. The molecule has 0 aliphatic carbocycles. The second-order valence-electron chi connectivity index (χ2n) is 6.72. The van der Waals surface area contributed by atoms with E-state index in [-0.39, 0.29) is 5.91 Å². The summed E-state index contributed by atoms with van der Waals surface area (Å²) in [5.41, 5.74) is 8.83. The highest BCUT2D eigenvalue weighted by molar-refractivity contribution is 5.92. The maximum absolute atomic E-state index is 12.7. The zero-order chi connectivity index (χ0) is 18.6. The summed E-state index contributed by atoms with van der Waals surface area (Å²) >= 11 is 0. The Labute approximate surface area is 158 Å². The number of nitrogens with two attached hydrogens (primary N) is 1. The number of carbonyl (C=O) groups is 1. The molecule has 2 heterocycles. The fraction of sp³-hybridized carbons (Fsp3) is 0.238. The van der Waals surface area contributed by atoms with Crippen LogP contribution in [0.4, 0.5) is 5.69 Å². The van der Waals surface area contributed by atoms with Crippen LogP contribution in [-0.2, 0) is 6.54 Å². The molecule has 2 N–H and O–H groups in total. The molecule has 27 heavy (non-hydrogen) atoms. The van der Waals surface area contributed by atoms with E-state index in [0.29, 0.717) is 30.4 Å². The monoisotopic (exact) mass is 362 g/mol. The molecule has 1 amide bonds. The van der Waals surface area contributed by atoms with E-state index < -0.39 is 0 Å². The maximum atomic E-state index is 12.7. The highest BCUT2D eigenvalue weighted by Crippen LogP contribution is 2.21. The van der Waals surface area contributed by atoms with Crippen molar-refractivity contribution in [2.75, 3.05) is 31.9 Å². The Kier molecular flexibility index (Phi) is 4.89. The van der Waals surface area contributed by atoms with Crippen molar-refractivity contribution >= 4 is 11.6 Å². The summed E-state index contributed by atoms with van der Waals surface area (Å²) in [5.74, 6) is 0.321. The molecule has 1 saturated heterocycles. The van der Waals surface area contributed by atoms with Crippen LogP contribution >= 0.6 is 0 Å². The van der Waals surface area contributed by atoms with Crippen molar-refractivity contribution in [3.05, 3.63) is 72.1 Å². The Morgan fingerprint density at radius 2 is 1.81 bits per heavy atom. The van der Waals surface area contributed by atoms with Gasteiger partial charge in [0.05, 0.1) is 0 Å². The summed E-state index contributed by atoms with van der Waals surface area (Å²) in [6.07, 6.45) is 1.43. The molecular weight excluding hydrogens is 340 g/mol. The second kappa shape index (κ2) is 7.63. The number of rotatable bonds is 4. The normalized spacial score (nSPS) is 15.0. The van der Waals surface area contributed by atoms with Gasteiger partial charge in [0.15, 0.2) is 5.69 Å². The zero-order valence-corrected chi connectivity index (χ0v) is 15.0. The van der Waals surface area contributed by atoms with Gasteiger partial charge >= 0.3 is 0 Å². The Bertz CT molecular complexity index is 915. The number of aromatic nitrogens is 1. The van der Waals surface area contributed by atoms with Crippen LogP contribution < -0.4 is 5.73 Å². The topological polar surface area (TPSA) is 75.6 Å². The summed E-state index contributed by atoms with van der Waals surface area (Å²) in [6, 6.07) is 17.7.